The first-order chi connectivity index (χ1) is 9.29. The van der Waals surface area contributed by atoms with Crippen LogP contribution >= 0.6 is 0 Å². The van der Waals surface area contributed by atoms with E-state index in [1.165, 1.54) is 12.8 Å². The normalized spacial score (nSPS) is 26.1. The molecule has 0 spiro atoms. The van der Waals surface area contributed by atoms with Crippen molar-refractivity contribution >= 4 is 5.91 Å². The van der Waals surface area contributed by atoms with Gasteiger partial charge in [-0.15, -0.1) is 0 Å². The summed E-state index contributed by atoms with van der Waals surface area (Å²) >= 11 is 0. The number of hydrogen-bond acceptors (Lipinski definition) is 3. The first-order valence-corrected chi connectivity index (χ1v) is 7.13. The van der Waals surface area contributed by atoms with E-state index >= 15 is 0 Å². The van der Waals surface area contributed by atoms with E-state index in [2.05, 4.69) is 9.88 Å². The molecule has 1 amide bonds. The minimum absolute atomic E-state index is 0.0771. The number of carbonyl (C=O) groups is 1. The van der Waals surface area contributed by atoms with Crippen LogP contribution in [0.3, 0.4) is 0 Å². The molecule has 0 aromatic carbocycles. The average molecular weight is 260 g/mol. The van der Waals surface area contributed by atoms with Crippen LogP contribution in [0.15, 0.2) is 18.2 Å². The standard InChI is InChI=1S/C15H20N2O2/c1-19-14-8-4-7-13(16-14)15(18)17-11-5-2-3-6-12(17)10-9-11/h4,7-8,11-12H,2-3,5-6,9-10H2,1H3. The van der Waals surface area contributed by atoms with Crippen molar-refractivity contribution in [1.29, 1.82) is 0 Å². The van der Waals surface area contributed by atoms with Gasteiger partial charge in [0.1, 0.15) is 5.69 Å². The quantitative estimate of drug-likeness (QED) is 0.821. The number of fused-ring (bicyclic) bond motifs is 2. The third kappa shape index (κ3) is 2.31. The number of rotatable bonds is 2. The summed E-state index contributed by atoms with van der Waals surface area (Å²) in [6.07, 6.45) is 7.09. The number of hydrogen-bond donors (Lipinski definition) is 0. The lowest BCUT2D eigenvalue weighted by molar-refractivity contribution is 0.0664. The Morgan fingerprint density at radius 3 is 2.53 bits per heavy atom. The third-order valence-corrected chi connectivity index (χ3v) is 4.33. The van der Waals surface area contributed by atoms with Crippen LogP contribution in [-0.4, -0.2) is 35.0 Å². The van der Waals surface area contributed by atoms with Crippen LogP contribution in [0.1, 0.15) is 49.0 Å². The molecule has 0 aliphatic carbocycles. The fraction of sp³-hybridized carbons (Fsp3) is 0.600. The number of ether oxygens (including phenoxy) is 1. The smallest absolute Gasteiger partial charge is 0.273 e. The molecule has 0 saturated carbocycles. The number of aromatic nitrogens is 1. The molecule has 102 valence electrons. The van der Waals surface area contributed by atoms with E-state index in [1.54, 1.807) is 19.2 Å². The SMILES string of the molecule is COc1cccc(C(=O)N2C3CCCCC2CC3)n1. The van der Waals surface area contributed by atoms with Crippen molar-refractivity contribution in [1.82, 2.24) is 9.88 Å². The summed E-state index contributed by atoms with van der Waals surface area (Å²) in [5.41, 5.74) is 0.512. The summed E-state index contributed by atoms with van der Waals surface area (Å²) in [5.74, 6) is 0.585. The van der Waals surface area contributed by atoms with Gasteiger partial charge in [0.25, 0.3) is 5.91 Å². The molecule has 4 heteroatoms. The highest BCUT2D eigenvalue weighted by molar-refractivity contribution is 5.93. The van der Waals surface area contributed by atoms with Crippen molar-refractivity contribution in [2.75, 3.05) is 7.11 Å². The van der Waals surface area contributed by atoms with Crippen LogP contribution in [0.25, 0.3) is 0 Å². The summed E-state index contributed by atoms with van der Waals surface area (Å²) in [6.45, 7) is 0. The summed E-state index contributed by atoms with van der Waals surface area (Å²) in [7, 11) is 1.58. The fourth-order valence-electron chi connectivity index (χ4n) is 3.40. The van der Waals surface area contributed by atoms with Crippen LogP contribution < -0.4 is 4.74 Å². The lowest BCUT2D eigenvalue weighted by Crippen LogP contribution is -2.40. The average Bonchev–Trinajstić information content (AvgIpc) is 2.71. The largest absolute Gasteiger partial charge is 0.481 e. The van der Waals surface area contributed by atoms with Gasteiger partial charge in [0, 0.05) is 18.2 Å². The van der Waals surface area contributed by atoms with Crippen LogP contribution in [-0.2, 0) is 0 Å². The Balaban J connectivity index is 1.86. The minimum atomic E-state index is 0.0771. The van der Waals surface area contributed by atoms with Gasteiger partial charge in [0.2, 0.25) is 5.88 Å². The van der Waals surface area contributed by atoms with E-state index in [4.69, 9.17) is 4.74 Å². The Bertz CT molecular complexity index is 461. The first-order valence-electron chi connectivity index (χ1n) is 7.13. The molecule has 2 fully saturated rings. The second-order valence-corrected chi connectivity index (χ2v) is 5.45. The maximum absolute atomic E-state index is 12.7. The van der Waals surface area contributed by atoms with Crippen molar-refractivity contribution in [2.24, 2.45) is 0 Å². The van der Waals surface area contributed by atoms with Crippen molar-refractivity contribution in [2.45, 2.75) is 50.6 Å². The van der Waals surface area contributed by atoms with E-state index in [0.717, 1.165) is 25.7 Å². The molecule has 3 rings (SSSR count). The molecule has 2 unspecified atom stereocenters. The zero-order valence-corrected chi connectivity index (χ0v) is 11.3. The number of pyridine rings is 1. The van der Waals surface area contributed by atoms with Gasteiger partial charge in [0.15, 0.2) is 0 Å². The molecular formula is C15H20N2O2. The molecule has 0 radical (unpaired) electrons. The Kier molecular flexibility index (Phi) is 3.40. The highest BCUT2D eigenvalue weighted by atomic mass is 16.5. The second kappa shape index (κ2) is 5.19. The Morgan fingerprint density at radius 1 is 1.21 bits per heavy atom. The van der Waals surface area contributed by atoms with Crippen LogP contribution in [0.2, 0.25) is 0 Å². The summed E-state index contributed by atoms with van der Waals surface area (Å²) in [4.78, 5) is 19.1. The first kappa shape index (κ1) is 12.5. The lowest BCUT2D eigenvalue weighted by Gasteiger charge is -2.27. The van der Waals surface area contributed by atoms with Gasteiger partial charge in [-0.25, -0.2) is 4.98 Å². The molecule has 1 aromatic heterocycles. The monoisotopic (exact) mass is 260 g/mol. The van der Waals surface area contributed by atoms with E-state index in [-0.39, 0.29) is 5.91 Å². The van der Waals surface area contributed by atoms with Crippen LogP contribution in [0.4, 0.5) is 0 Å². The topological polar surface area (TPSA) is 42.4 Å². The Labute approximate surface area is 113 Å². The van der Waals surface area contributed by atoms with Gasteiger partial charge >= 0.3 is 0 Å². The minimum Gasteiger partial charge on any atom is -0.481 e. The summed E-state index contributed by atoms with van der Waals surface area (Å²) in [6, 6.07) is 6.24. The number of nitrogens with zero attached hydrogens (tertiary/aromatic N) is 2. The molecule has 3 heterocycles. The Hall–Kier alpha value is -1.58. The van der Waals surface area contributed by atoms with Gasteiger partial charge in [-0.1, -0.05) is 18.9 Å². The molecule has 2 atom stereocenters. The van der Waals surface area contributed by atoms with Gasteiger partial charge in [-0.2, -0.15) is 0 Å². The lowest BCUT2D eigenvalue weighted by atomic mass is 10.0. The fourth-order valence-corrected chi connectivity index (χ4v) is 3.40. The molecule has 0 N–H and O–H groups in total. The summed E-state index contributed by atoms with van der Waals surface area (Å²) in [5, 5.41) is 0. The zero-order valence-electron chi connectivity index (χ0n) is 11.3. The van der Waals surface area contributed by atoms with E-state index in [0.29, 0.717) is 23.7 Å². The van der Waals surface area contributed by atoms with E-state index < -0.39 is 0 Å². The van der Waals surface area contributed by atoms with Crippen molar-refractivity contribution in [3.05, 3.63) is 23.9 Å². The highest BCUT2D eigenvalue weighted by Gasteiger charge is 2.38. The third-order valence-electron chi connectivity index (χ3n) is 4.33. The van der Waals surface area contributed by atoms with Crippen LogP contribution in [0.5, 0.6) is 5.88 Å². The van der Waals surface area contributed by atoms with E-state index in [1.807, 2.05) is 6.07 Å². The molecule has 4 nitrogen and oxygen atoms in total. The van der Waals surface area contributed by atoms with Gasteiger partial charge in [-0.3, -0.25) is 4.79 Å². The van der Waals surface area contributed by atoms with Crippen molar-refractivity contribution < 1.29 is 9.53 Å². The molecule has 2 saturated heterocycles. The van der Waals surface area contributed by atoms with Gasteiger partial charge < -0.3 is 9.64 Å². The van der Waals surface area contributed by atoms with Gasteiger partial charge in [-0.05, 0) is 31.7 Å². The van der Waals surface area contributed by atoms with E-state index in [9.17, 15) is 4.79 Å². The van der Waals surface area contributed by atoms with Crippen LogP contribution in [0, 0.1) is 0 Å². The maximum Gasteiger partial charge on any atom is 0.273 e. The molecule has 1 aromatic rings. The predicted octanol–water partition coefficient (Wildman–Crippen LogP) is 2.64. The highest BCUT2D eigenvalue weighted by Crippen LogP contribution is 2.35. The molecule has 19 heavy (non-hydrogen) atoms. The van der Waals surface area contributed by atoms with Crippen molar-refractivity contribution in [3.63, 3.8) is 0 Å². The maximum atomic E-state index is 12.7. The number of amides is 1. The van der Waals surface area contributed by atoms with Gasteiger partial charge in [0.05, 0.1) is 7.11 Å². The second-order valence-electron chi connectivity index (χ2n) is 5.45. The molecule has 2 bridgehead atoms. The molecule has 2 aliphatic rings. The summed E-state index contributed by atoms with van der Waals surface area (Å²) < 4.78 is 5.10. The molecular weight excluding hydrogens is 240 g/mol. The zero-order chi connectivity index (χ0) is 13.2. The molecule has 2 aliphatic heterocycles. The predicted molar refractivity (Wildman–Crippen MR) is 72.2 cm³/mol. The number of methoxy groups -OCH3 is 1. The Morgan fingerprint density at radius 2 is 1.89 bits per heavy atom. The van der Waals surface area contributed by atoms with Crippen molar-refractivity contribution in [3.8, 4) is 5.88 Å². The number of carbonyl (C=O) groups excluding carboxylic acids is 1.